The predicted octanol–water partition coefficient (Wildman–Crippen LogP) is 6.13. The molecule has 1 fully saturated rings. The number of benzene rings is 2. The third-order valence-corrected chi connectivity index (χ3v) is 9.92. The number of aromatic hydroxyl groups is 1. The maximum Gasteiger partial charge on any atom is 0.206 e. The number of ketones is 3. The van der Waals surface area contributed by atoms with E-state index in [1.807, 2.05) is 52.0 Å². The Labute approximate surface area is 252 Å². The molecular weight excluding hydrogens is 540 g/mol. The number of carbonyl (C=O) groups excluding carboxylic acids is 3. The van der Waals surface area contributed by atoms with E-state index in [0.717, 1.165) is 16.7 Å². The number of hydrogen-bond acceptors (Lipinski definition) is 6. The minimum Gasteiger partial charge on any atom is -0.507 e. The summed E-state index contributed by atoms with van der Waals surface area (Å²) in [6.07, 6.45) is 0.427. The van der Waals surface area contributed by atoms with E-state index < -0.39 is 45.5 Å². The minimum absolute atomic E-state index is 0.0691. The molecule has 0 bridgehead atoms. The number of Topliss-reactive ketones (excluding diaryl/α,β-unsaturated/α-hetero) is 3. The Balaban J connectivity index is 1.71. The maximum atomic E-state index is 14.4. The number of aliphatic hydroxyl groups excluding tert-OH is 1. The van der Waals surface area contributed by atoms with Crippen LogP contribution >= 0.6 is 0 Å². The molecule has 222 valence electrons. The molecule has 2 aromatic carbocycles. The fraction of sp³-hybridized carbons (Fsp3) is 0.378. The second kappa shape index (κ2) is 9.92. The fourth-order valence-corrected chi connectivity index (χ4v) is 8.34. The third kappa shape index (κ3) is 4.17. The Bertz CT molecular complexity index is 1760. The van der Waals surface area contributed by atoms with Gasteiger partial charge in [-0.3, -0.25) is 14.4 Å². The second-order valence-corrected chi connectivity index (χ2v) is 13.4. The Morgan fingerprint density at radius 3 is 2.19 bits per heavy atom. The van der Waals surface area contributed by atoms with E-state index in [1.165, 1.54) is 13.0 Å². The average molecular weight is 579 g/mol. The lowest BCUT2D eigenvalue weighted by Crippen LogP contribution is -2.70. The highest BCUT2D eigenvalue weighted by molar-refractivity contribution is 6.33. The number of rotatable bonds is 3. The standard InChI is InChI=1S/C37H38O6/c1-19(2)24-12-9-23(10-13-24)11-14-25-15-16-27(39)29-26(25)17-35(7)18-36(8)30(20(3)4)21(5)28(22(6)38)33(41)37(36,43)34(42)31(35)32(29)40/h9-10,12-13,15-16,20,30,39-40,43H,1,17-18H2,2-8H3/t30-,35+,36+,37-/m1/s1. The zero-order chi connectivity index (χ0) is 31.8. The molecule has 0 radical (unpaired) electrons. The Kier molecular flexibility index (Phi) is 6.98. The molecule has 0 unspecified atom stereocenters. The van der Waals surface area contributed by atoms with Crippen LogP contribution < -0.4 is 0 Å². The average Bonchev–Trinajstić information content (AvgIpc) is 2.90. The quantitative estimate of drug-likeness (QED) is 0.230. The smallest absolute Gasteiger partial charge is 0.206 e. The second-order valence-electron chi connectivity index (χ2n) is 13.4. The van der Waals surface area contributed by atoms with Crippen molar-refractivity contribution in [3.63, 3.8) is 0 Å². The molecule has 0 aromatic heterocycles. The summed E-state index contributed by atoms with van der Waals surface area (Å²) in [4.78, 5) is 41.0. The molecule has 5 rings (SSSR count). The van der Waals surface area contributed by atoms with Crippen LogP contribution in [0.15, 0.2) is 59.7 Å². The molecule has 2 aromatic rings. The van der Waals surface area contributed by atoms with Crippen molar-refractivity contribution in [3.05, 3.63) is 87.5 Å². The molecule has 43 heavy (non-hydrogen) atoms. The first-order chi connectivity index (χ1) is 20.0. The Morgan fingerprint density at radius 1 is 1.00 bits per heavy atom. The SMILES string of the molecule is C=C(C)c1ccc(C#Cc2ccc(O)c3c2C[C@@]2(C)C[C@@]4(C)[C@H](C(C)C)C(C)=C(C(C)=O)C(=O)[C@@]4(O)C(=O)C2=C3O)cc1. The number of allylic oxidation sites excluding steroid dienone is 2. The first kappa shape index (κ1) is 30.3. The summed E-state index contributed by atoms with van der Waals surface area (Å²) in [5.41, 5.74) is -0.485. The van der Waals surface area contributed by atoms with Crippen LogP contribution in [0, 0.1) is 34.5 Å². The summed E-state index contributed by atoms with van der Waals surface area (Å²) >= 11 is 0. The van der Waals surface area contributed by atoms with Crippen LogP contribution in [0.5, 0.6) is 5.75 Å². The van der Waals surface area contributed by atoms with E-state index in [2.05, 4.69) is 18.4 Å². The molecule has 3 aliphatic carbocycles. The van der Waals surface area contributed by atoms with Gasteiger partial charge in [0, 0.05) is 27.5 Å². The van der Waals surface area contributed by atoms with Crippen molar-refractivity contribution in [1.82, 2.24) is 0 Å². The lowest BCUT2D eigenvalue weighted by molar-refractivity contribution is -0.180. The topological polar surface area (TPSA) is 112 Å². The van der Waals surface area contributed by atoms with Crippen molar-refractivity contribution in [2.75, 3.05) is 0 Å². The van der Waals surface area contributed by atoms with Crippen molar-refractivity contribution in [2.24, 2.45) is 22.7 Å². The molecule has 0 spiro atoms. The van der Waals surface area contributed by atoms with Crippen LogP contribution in [0.3, 0.4) is 0 Å². The zero-order valence-corrected chi connectivity index (χ0v) is 25.8. The van der Waals surface area contributed by atoms with Gasteiger partial charge < -0.3 is 15.3 Å². The zero-order valence-electron chi connectivity index (χ0n) is 25.8. The summed E-state index contributed by atoms with van der Waals surface area (Å²) in [5, 5.41) is 34.8. The molecule has 0 amide bonds. The maximum absolute atomic E-state index is 14.4. The molecule has 6 nitrogen and oxygen atoms in total. The highest BCUT2D eigenvalue weighted by atomic mass is 16.3. The molecule has 0 aliphatic heterocycles. The van der Waals surface area contributed by atoms with E-state index in [1.54, 1.807) is 19.9 Å². The van der Waals surface area contributed by atoms with E-state index in [9.17, 15) is 29.7 Å². The normalized spacial score (nSPS) is 28.2. The number of hydrogen-bond donors (Lipinski definition) is 3. The number of aliphatic hydroxyl groups is 2. The number of phenols is 1. The van der Waals surface area contributed by atoms with Gasteiger partial charge in [-0.15, -0.1) is 0 Å². The van der Waals surface area contributed by atoms with Gasteiger partial charge in [-0.05, 0) is 80.8 Å². The first-order valence-electron chi connectivity index (χ1n) is 14.6. The molecular formula is C37H38O6. The predicted molar refractivity (Wildman–Crippen MR) is 166 cm³/mol. The molecule has 1 saturated carbocycles. The molecule has 0 saturated heterocycles. The first-order valence-corrected chi connectivity index (χ1v) is 14.6. The minimum atomic E-state index is -2.55. The molecule has 3 aliphatic rings. The summed E-state index contributed by atoms with van der Waals surface area (Å²) in [6, 6.07) is 10.8. The van der Waals surface area contributed by atoms with Crippen LogP contribution in [-0.2, 0) is 20.8 Å². The molecule has 4 atom stereocenters. The van der Waals surface area contributed by atoms with E-state index >= 15 is 0 Å². The van der Waals surface area contributed by atoms with Gasteiger partial charge in [-0.2, -0.15) is 0 Å². The van der Waals surface area contributed by atoms with Crippen molar-refractivity contribution >= 4 is 28.7 Å². The van der Waals surface area contributed by atoms with Gasteiger partial charge in [-0.1, -0.05) is 69.4 Å². The van der Waals surface area contributed by atoms with Crippen LogP contribution in [0.25, 0.3) is 11.3 Å². The van der Waals surface area contributed by atoms with Crippen molar-refractivity contribution in [1.29, 1.82) is 0 Å². The van der Waals surface area contributed by atoms with Gasteiger partial charge in [-0.25, -0.2) is 0 Å². The van der Waals surface area contributed by atoms with Crippen LogP contribution in [-0.4, -0.2) is 38.3 Å². The summed E-state index contributed by atoms with van der Waals surface area (Å²) < 4.78 is 0. The van der Waals surface area contributed by atoms with Crippen LogP contribution in [0.4, 0.5) is 0 Å². The van der Waals surface area contributed by atoms with Gasteiger partial charge in [0.05, 0.1) is 11.1 Å². The van der Waals surface area contributed by atoms with E-state index in [4.69, 9.17) is 0 Å². The highest BCUT2D eigenvalue weighted by Crippen LogP contribution is 2.65. The van der Waals surface area contributed by atoms with Crippen molar-refractivity contribution < 1.29 is 29.7 Å². The monoisotopic (exact) mass is 578 g/mol. The van der Waals surface area contributed by atoms with Crippen LogP contribution in [0.1, 0.15) is 82.7 Å². The summed E-state index contributed by atoms with van der Waals surface area (Å²) in [7, 11) is 0. The lowest BCUT2D eigenvalue weighted by Gasteiger charge is -2.60. The Hall–Kier alpha value is -4.21. The largest absolute Gasteiger partial charge is 0.507 e. The number of carbonyl (C=O) groups is 3. The van der Waals surface area contributed by atoms with Gasteiger partial charge in [0.1, 0.15) is 11.5 Å². The number of phenolic OH excluding ortho intramolecular Hbond substituents is 1. The lowest BCUT2D eigenvalue weighted by atomic mass is 9.42. The Morgan fingerprint density at radius 2 is 1.63 bits per heavy atom. The highest BCUT2D eigenvalue weighted by Gasteiger charge is 2.72. The van der Waals surface area contributed by atoms with Gasteiger partial charge >= 0.3 is 0 Å². The van der Waals surface area contributed by atoms with Crippen molar-refractivity contribution in [3.8, 4) is 17.6 Å². The van der Waals surface area contributed by atoms with E-state index in [-0.39, 0.29) is 41.2 Å². The van der Waals surface area contributed by atoms with Gasteiger partial charge in [0.15, 0.2) is 11.4 Å². The summed E-state index contributed by atoms with van der Waals surface area (Å²) in [6.45, 7) is 16.4. The third-order valence-electron chi connectivity index (χ3n) is 9.92. The van der Waals surface area contributed by atoms with E-state index in [0.29, 0.717) is 16.7 Å². The fourth-order valence-electron chi connectivity index (χ4n) is 8.34. The molecule has 6 heteroatoms. The van der Waals surface area contributed by atoms with Crippen LogP contribution in [0.2, 0.25) is 0 Å². The van der Waals surface area contributed by atoms with Gasteiger partial charge in [0.2, 0.25) is 11.6 Å². The van der Waals surface area contributed by atoms with Crippen molar-refractivity contribution in [2.45, 2.75) is 66.9 Å². The van der Waals surface area contributed by atoms with Gasteiger partial charge in [0.25, 0.3) is 0 Å². The number of fused-ring (bicyclic) bond motifs is 3. The molecule has 3 N–H and O–H groups in total. The molecule has 0 heterocycles. The summed E-state index contributed by atoms with van der Waals surface area (Å²) in [5.74, 6) is 2.75.